The minimum atomic E-state index is -0.241. The van der Waals surface area contributed by atoms with Gasteiger partial charge >= 0.3 is 0 Å². The van der Waals surface area contributed by atoms with Crippen LogP contribution in [0.4, 0.5) is 10.1 Å². The molecule has 20 heavy (non-hydrogen) atoms. The van der Waals surface area contributed by atoms with Gasteiger partial charge in [-0.25, -0.2) is 4.39 Å². The van der Waals surface area contributed by atoms with Crippen LogP contribution in [0.2, 0.25) is 0 Å². The SMILES string of the molecule is CN(Cc1ccccc1F)c1ccc(CCl)cc1C#N. The van der Waals surface area contributed by atoms with Crippen molar-refractivity contribution in [2.24, 2.45) is 0 Å². The summed E-state index contributed by atoms with van der Waals surface area (Å²) in [6, 6.07) is 14.3. The predicted octanol–water partition coefficient (Wildman–Crippen LogP) is 4.07. The average molecular weight is 289 g/mol. The maximum Gasteiger partial charge on any atom is 0.128 e. The molecular weight excluding hydrogens is 275 g/mol. The molecule has 0 N–H and O–H groups in total. The van der Waals surface area contributed by atoms with Crippen LogP contribution in [0.25, 0.3) is 0 Å². The Bertz CT molecular complexity index is 649. The van der Waals surface area contributed by atoms with Gasteiger partial charge in [-0.3, -0.25) is 0 Å². The van der Waals surface area contributed by atoms with E-state index in [1.807, 2.05) is 24.1 Å². The molecule has 0 atom stereocenters. The molecule has 2 aromatic rings. The zero-order chi connectivity index (χ0) is 14.5. The number of rotatable bonds is 4. The predicted molar refractivity (Wildman–Crippen MR) is 79.2 cm³/mol. The van der Waals surface area contributed by atoms with Crippen molar-refractivity contribution >= 4 is 17.3 Å². The summed E-state index contributed by atoms with van der Waals surface area (Å²) in [5.41, 5.74) is 2.80. The quantitative estimate of drug-likeness (QED) is 0.793. The van der Waals surface area contributed by atoms with Gasteiger partial charge in [0, 0.05) is 25.0 Å². The van der Waals surface area contributed by atoms with Crippen molar-refractivity contribution < 1.29 is 4.39 Å². The van der Waals surface area contributed by atoms with Crippen molar-refractivity contribution in [2.45, 2.75) is 12.4 Å². The van der Waals surface area contributed by atoms with Gasteiger partial charge in [0.05, 0.1) is 11.3 Å². The van der Waals surface area contributed by atoms with Gasteiger partial charge in [-0.1, -0.05) is 24.3 Å². The summed E-state index contributed by atoms with van der Waals surface area (Å²) >= 11 is 5.77. The summed E-state index contributed by atoms with van der Waals surface area (Å²) in [6.45, 7) is 0.404. The van der Waals surface area contributed by atoms with Gasteiger partial charge in [-0.2, -0.15) is 5.26 Å². The molecule has 0 aliphatic rings. The van der Waals surface area contributed by atoms with Gasteiger partial charge in [-0.15, -0.1) is 11.6 Å². The molecule has 0 saturated carbocycles. The Kier molecular flexibility index (Phi) is 4.60. The summed E-state index contributed by atoms with van der Waals surface area (Å²) < 4.78 is 13.7. The first-order chi connectivity index (χ1) is 9.65. The van der Waals surface area contributed by atoms with E-state index < -0.39 is 0 Å². The van der Waals surface area contributed by atoms with Crippen molar-refractivity contribution in [2.75, 3.05) is 11.9 Å². The Morgan fingerprint density at radius 3 is 2.65 bits per heavy atom. The van der Waals surface area contributed by atoms with Gasteiger partial charge in [0.15, 0.2) is 0 Å². The molecule has 0 spiro atoms. The standard InChI is InChI=1S/C16H14ClFN2/c1-20(11-13-4-2-3-5-15(13)18)16-7-6-12(9-17)8-14(16)10-19/h2-8H,9,11H2,1H3. The van der Waals surface area contributed by atoms with E-state index in [1.54, 1.807) is 24.3 Å². The topological polar surface area (TPSA) is 27.0 Å². The van der Waals surface area contributed by atoms with Crippen LogP contribution in [0.3, 0.4) is 0 Å². The third-order valence-electron chi connectivity index (χ3n) is 3.11. The van der Waals surface area contributed by atoms with Crippen LogP contribution < -0.4 is 4.90 Å². The minimum absolute atomic E-state index is 0.241. The molecule has 0 saturated heterocycles. The Hall–Kier alpha value is -2.05. The highest BCUT2D eigenvalue weighted by molar-refractivity contribution is 6.17. The first-order valence-electron chi connectivity index (χ1n) is 6.19. The van der Waals surface area contributed by atoms with Crippen molar-refractivity contribution in [1.82, 2.24) is 0 Å². The smallest absolute Gasteiger partial charge is 0.128 e. The molecule has 0 bridgehead atoms. The van der Waals surface area contributed by atoms with Gasteiger partial charge in [0.25, 0.3) is 0 Å². The Balaban J connectivity index is 2.28. The molecule has 0 amide bonds. The fraction of sp³-hybridized carbons (Fsp3) is 0.188. The second kappa shape index (κ2) is 6.40. The zero-order valence-electron chi connectivity index (χ0n) is 11.1. The van der Waals surface area contributed by atoms with E-state index >= 15 is 0 Å². The van der Waals surface area contributed by atoms with Gasteiger partial charge < -0.3 is 4.90 Å². The van der Waals surface area contributed by atoms with E-state index in [-0.39, 0.29) is 5.82 Å². The summed E-state index contributed by atoms with van der Waals surface area (Å²) in [5, 5.41) is 9.21. The van der Waals surface area contributed by atoms with Gasteiger partial charge in [0.1, 0.15) is 11.9 Å². The van der Waals surface area contributed by atoms with Gasteiger partial charge in [-0.05, 0) is 23.8 Å². The third kappa shape index (κ3) is 3.09. The minimum Gasteiger partial charge on any atom is -0.369 e. The maximum absolute atomic E-state index is 13.7. The number of nitrogens with zero attached hydrogens (tertiary/aromatic N) is 2. The first kappa shape index (κ1) is 14.4. The van der Waals surface area contributed by atoms with Crippen LogP contribution in [0.1, 0.15) is 16.7 Å². The molecule has 0 unspecified atom stereocenters. The molecule has 2 rings (SSSR count). The van der Waals surface area contributed by atoms with E-state index in [0.717, 1.165) is 11.3 Å². The van der Waals surface area contributed by atoms with Gasteiger partial charge in [0.2, 0.25) is 0 Å². The molecule has 4 heteroatoms. The van der Waals surface area contributed by atoms with Crippen molar-refractivity contribution in [3.05, 3.63) is 65.0 Å². The van der Waals surface area contributed by atoms with Crippen LogP contribution in [0, 0.1) is 17.1 Å². The number of hydrogen-bond donors (Lipinski definition) is 0. The van der Waals surface area contributed by atoms with E-state index in [0.29, 0.717) is 23.6 Å². The van der Waals surface area contributed by atoms with Crippen LogP contribution in [-0.4, -0.2) is 7.05 Å². The second-order valence-corrected chi connectivity index (χ2v) is 4.81. The van der Waals surface area contributed by atoms with Crippen molar-refractivity contribution in [1.29, 1.82) is 5.26 Å². The molecule has 0 radical (unpaired) electrons. The largest absolute Gasteiger partial charge is 0.369 e. The lowest BCUT2D eigenvalue weighted by Gasteiger charge is -2.21. The van der Waals surface area contributed by atoms with Crippen LogP contribution in [0.15, 0.2) is 42.5 Å². The zero-order valence-corrected chi connectivity index (χ0v) is 11.9. The maximum atomic E-state index is 13.7. The average Bonchev–Trinajstić information content (AvgIpc) is 2.48. The van der Waals surface area contributed by atoms with E-state index in [1.165, 1.54) is 6.07 Å². The summed E-state index contributed by atoms with van der Waals surface area (Å²) in [6.07, 6.45) is 0. The third-order valence-corrected chi connectivity index (χ3v) is 3.42. The van der Waals surface area contributed by atoms with E-state index in [9.17, 15) is 9.65 Å². The summed E-state index contributed by atoms with van der Waals surface area (Å²) in [5.74, 6) is 0.127. The van der Waals surface area contributed by atoms with Crippen LogP contribution in [0.5, 0.6) is 0 Å². The molecule has 0 aliphatic heterocycles. The molecule has 0 aliphatic carbocycles. The molecule has 2 nitrogen and oxygen atoms in total. The Morgan fingerprint density at radius 1 is 1.25 bits per heavy atom. The summed E-state index contributed by atoms with van der Waals surface area (Å²) in [7, 11) is 1.84. The Morgan fingerprint density at radius 2 is 2.00 bits per heavy atom. The molecular formula is C16H14ClFN2. The lowest BCUT2D eigenvalue weighted by atomic mass is 10.1. The normalized spacial score (nSPS) is 10.1. The van der Waals surface area contributed by atoms with E-state index in [4.69, 9.17) is 11.6 Å². The molecule has 0 heterocycles. The fourth-order valence-corrected chi connectivity index (χ4v) is 2.22. The monoisotopic (exact) mass is 288 g/mol. The highest BCUT2D eigenvalue weighted by atomic mass is 35.5. The number of nitriles is 1. The molecule has 2 aromatic carbocycles. The Labute approximate surface area is 123 Å². The number of hydrogen-bond acceptors (Lipinski definition) is 2. The number of alkyl halides is 1. The summed E-state index contributed by atoms with van der Waals surface area (Å²) in [4.78, 5) is 1.86. The van der Waals surface area contributed by atoms with Crippen LogP contribution in [-0.2, 0) is 12.4 Å². The van der Waals surface area contributed by atoms with Crippen molar-refractivity contribution in [3.8, 4) is 6.07 Å². The van der Waals surface area contributed by atoms with E-state index in [2.05, 4.69) is 6.07 Å². The fourth-order valence-electron chi connectivity index (χ4n) is 2.06. The molecule has 0 fully saturated rings. The molecule has 0 aromatic heterocycles. The van der Waals surface area contributed by atoms with Crippen molar-refractivity contribution in [3.63, 3.8) is 0 Å². The lowest BCUT2D eigenvalue weighted by molar-refractivity contribution is 0.608. The number of anilines is 1. The van der Waals surface area contributed by atoms with Crippen LogP contribution >= 0.6 is 11.6 Å². The lowest BCUT2D eigenvalue weighted by Crippen LogP contribution is -2.18. The second-order valence-electron chi connectivity index (χ2n) is 4.54. The number of benzene rings is 2. The highest BCUT2D eigenvalue weighted by Crippen LogP contribution is 2.23. The first-order valence-corrected chi connectivity index (χ1v) is 6.72. The number of halogens is 2. The molecule has 102 valence electrons. The highest BCUT2D eigenvalue weighted by Gasteiger charge is 2.10.